The number of anilines is 1. The molecule has 0 saturated heterocycles. The number of carbonyl (C=O) groups is 1. The molecule has 0 unspecified atom stereocenters. The van der Waals surface area contributed by atoms with E-state index in [9.17, 15) is 4.79 Å². The maximum atomic E-state index is 12.5. The lowest BCUT2D eigenvalue weighted by Gasteiger charge is -2.13. The highest BCUT2D eigenvalue weighted by Crippen LogP contribution is 2.27. The van der Waals surface area contributed by atoms with Crippen LogP contribution >= 0.6 is 23.4 Å². The molecule has 1 aromatic heterocycles. The van der Waals surface area contributed by atoms with Crippen molar-refractivity contribution >= 4 is 35.0 Å². The minimum Gasteiger partial charge on any atom is -0.325 e. The number of halogens is 1. The van der Waals surface area contributed by atoms with Gasteiger partial charge in [-0.3, -0.25) is 9.36 Å². The maximum absolute atomic E-state index is 12.5. The van der Waals surface area contributed by atoms with Crippen molar-refractivity contribution in [3.8, 4) is 11.4 Å². The van der Waals surface area contributed by atoms with Crippen molar-refractivity contribution in [1.29, 1.82) is 0 Å². The molecule has 7 heteroatoms. The van der Waals surface area contributed by atoms with Crippen LogP contribution in [-0.2, 0) is 11.3 Å². The van der Waals surface area contributed by atoms with E-state index in [1.165, 1.54) is 17.3 Å². The number of nitrogens with one attached hydrogen (secondary N) is 1. The lowest BCUT2D eigenvalue weighted by atomic mass is 10.1. The third-order valence-corrected chi connectivity index (χ3v) is 5.59. The molecule has 0 aliphatic rings. The van der Waals surface area contributed by atoms with Gasteiger partial charge in [0, 0.05) is 22.8 Å². The SMILES string of the molecule is C=CCn1c(SCC(=O)Nc2c(C)cc(C)cc2C)nnc1-c1cccc(Cl)c1. The smallest absolute Gasteiger partial charge is 0.234 e. The molecule has 3 rings (SSSR count). The van der Waals surface area contributed by atoms with Gasteiger partial charge in [-0.2, -0.15) is 0 Å². The van der Waals surface area contributed by atoms with Gasteiger partial charge in [-0.15, -0.1) is 16.8 Å². The van der Waals surface area contributed by atoms with Gasteiger partial charge in [0.2, 0.25) is 5.91 Å². The van der Waals surface area contributed by atoms with E-state index in [1.807, 2.05) is 49.6 Å². The highest BCUT2D eigenvalue weighted by molar-refractivity contribution is 7.99. The molecule has 3 aromatic rings. The number of aromatic nitrogens is 3. The predicted octanol–water partition coefficient (Wildman–Crippen LogP) is 5.44. The molecule has 1 heterocycles. The highest BCUT2D eigenvalue weighted by Gasteiger charge is 2.16. The lowest BCUT2D eigenvalue weighted by Crippen LogP contribution is -2.16. The summed E-state index contributed by atoms with van der Waals surface area (Å²) in [6.45, 7) is 10.4. The van der Waals surface area contributed by atoms with Crippen LogP contribution in [0.5, 0.6) is 0 Å². The molecule has 0 saturated carbocycles. The molecule has 150 valence electrons. The largest absolute Gasteiger partial charge is 0.325 e. The third-order valence-electron chi connectivity index (χ3n) is 4.39. The van der Waals surface area contributed by atoms with E-state index in [-0.39, 0.29) is 11.7 Å². The van der Waals surface area contributed by atoms with Crippen LogP contribution in [0.15, 0.2) is 54.2 Å². The Labute approximate surface area is 180 Å². The van der Waals surface area contributed by atoms with Crippen LogP contribution in [0, 0.1) is 20.8 Å². The van der Waals surface area contributed by atoms with Crippen LogP contribution in [0.3, 0.4) is 0 Å². The van der Waals surface area contributed by atoms with Crippen LogP contribution in [0.25, 0.3) is 11.4 Å². The van der Waals surface area contributed by atoms with Gasteiger partial charge in [0.05, 0.1) is 5.75 Å². The molecule has 0 aliphatic carbocycles. The van der Waals surface area contributed by atoms with Crippen molar-refractivity contribution in [2.45, 2.75) is 32.5 Å². The number of aryl methyl sites for hydroxylation is 3. The molecule has 0 atom stereocenters. The van der Waals surface area contributed by atoms with Crippen LogP contribution in [0.2, 0.25) is 5.02 Å². The van der Waals surface area contributed by atoms with Crippen molar-refractivity contribution in [3.63, 3.8) is 0 Å². The Kier molecular flexibility index (Phi) is 6.77. The fourth-order valence-corrected chi connectivity index (χ4v) is 4.15. The number of rotatable bonds is 7. The average molecular weight is 427 g/mol. The predicted molar refractivity (Wildman–Crippen MR) is 121 cm³/mol. The molecule has 0 radical (unpaired) electrons. The summed E-state index contributed by atoms with van der Waals surface area (Å²) in [5, 5.41) is 12.9. The quantitative estimate of drug-likeness (QED) is 0.403. The second-order valence-corrected chi connectivity index (χ2v) is 8.21. The van der Waals surface area contributed by atoms with Crippen molar-refractivity contribution < 1.29 is 4.79 Å². The molecular weight excluding hydrogens is 404 g/mol. The Morgan fingerprint density at radius 1 is 1.21 bits per heavy atom. The highest BCUT2D eigenvalue weighted by atomic mass is 35.5. The molecule has 0 aliphatic heterocycles. The second kappa shape index (κ2) is 9.29. The zero-order chi connectivity index (χ0) is 21.0. The molecule has 1 N–H and O–H groups in total. The number of amides is 1. The first-order chi connectivity index (χ1) is 13.9. The zero-order valence-corrected chi connectivity index (χ0v) is 18.3. The number of allylic oxidation sites excluding steroid dienone is 1. The second-order valence-electron chi connectivity index (χ2n) is 6.83. The fraction of sp³-hybridized carbons (Fsp3) is 0.227. The zero-order valence-electron chi connectivity index (χ0n) is 16.7. The molecule has 1 amide bonds. The molecule has 29 heavy (non-hydrogen) atoms. The Morgan fingerprint density at radius 2 is 1.93 bits per heavy atom. The van der Waals surface area contributed by atoms with Gasteiger partial charge in [-0.05, 0) is 44.0 Å². The molecule has 5 nitrogen and oxygen atoms in total. The van der Waals surface area contributed by atoms with Crippen molar-refractivity contribution in [3.05, 3.63) is 70.8 Å². The summed E-state index contributed by atoms with van der Waals surface area (Å²) >= 11 is 7.46. The summed E-state index contributed by atoms with van der Waals surface area (Å²) in [5.74, 6) is 0.848. The number of nitrogens with zero attached hydrogens (tertiary/aromatic N) is 3. The van der Waals surface area contributed by atoms with Crippen molar-refractivity contribution in [2.75, 3.05) is 11.1 Å². The number of thioether (sulfide) groups is 1. The Bertz CT molecular complexity index is 1040. The van der Waals surface area contributed by atoms with E-state index in [2.05, 4.69) is 34.2 Å². The van der Waals surface area contributed by atoms with Gasteiger partial charge in [0.15, 0.2) is 11.0 Å². The molecular formula is C22H23ClN4OS. The summed E-state index contributed by atoms with van der Waals surface area (Å²) in [4.78, 5) is 12.5. The van der Waals surface area contributed by atoms with E-state index in [0.29, 0.717) is 22.5 Å². The monoisotopic (exact) mass is 426 g/mol. The van der Waals surface area contributed by atoms with E-state index in [4.69, 9.17) is 11.6 Å². The topological polar surface area (TPSA) is 59.8 Å². The van der Waals surface area contributed by atoms with Crippen molar-refractivity contribution in [2.24, 2.45) is 0 Å². The third kappa shape index (κ3) is 5.08. The van der Waals surface area contributed by atoms with Gasteiger partial charge in [0.25, 0.3) is 0 Å². The Balaban J connectivity index is 1.75. The summed E-state index contributed by atoms with van der Waals surface area (Å²) in [6, 6.07) is 11.6. The number of hydrogen-bond acceptors (Lipinski definition) is 4. The first-order valence-electron chi connectivity index (χ1n) is 9.19. The van der Waals surface area contributed by atoms with Gasteiger partial charge in [0.1, 0.15) is 0 Å². The summed E-state index contributed by atoms with van der Waals surface area (Å²) in [6.07, 6.45) is 1.78. The van der Waals surface area contributed by atoms with Crippen molar-refractivity contribution in [1.82, 2.24) is 14.8 Å². The molecule has 2 aromatic carbocycles. The van der Waals surface area contributed by atoms with Crippen LogP contribution in [0.1, 0.15) is 16.7 Å². The minimum absolute atomic E-state index is 0.0810. The van der Waals surface area contributed by atoms with Gasteiger partial charge < -0.3 is 5.32 Å². The number of benzene rings is 2. The minimum atomic E-state index is -0.0810. The van der Waals surface area contributed by atoms with Gasteiger partial charge in [-0.1, -0.05) is 59.3 Å². The maximum Gasteiger partial charge on any atom is 0.234 e. The summed E-state index contributed by atoms with van der Waals surface area (Å²) < 4.78 is 1.93. The van der Waals surface area contributed by atoms with Crippen LogP contribution < -0.4 is 5.32 Å². The lowest BCUT2D eigenvalue weighted by molar-refractivity contribution is -0.113. The molecule has 0 fully saturated rings. The fourth-order valence-electron chi connectivity index (χ4n) is 3.21. The first-order valence-corrected chi connectivity index (χ1v) is 10.6. The van der Waals surface area contributed by atoms with Crippen LogP contribution in [-0.4, -0.2) is 26.4 Å². The van der Waals surface area contributed by atoms with E-state index >= 15 is 0 Å². The first kappa shape index (κ1) is 21.1. The average Bonchev–Trinajstić information content (AvgIpc) is 3.06. The normalized spacial score (nSPS) is 10.8. The summed E-state index contributed by atoms with van der Waals surface area (Å²) in [7, 11) is 0. The Morgan fingerprint density at radius 3 is 2.59 bits per heavy atom. The molecule has 0 bridgehead atoms. The van der Waals surface area contributed by atoms with Crippen LogP contribution in [0.4, 0.5) is 5.69 Å². The standard InChI is InChI=1S/C22H23ClN4OS/c1-5-9-27-21(17-7-6-8-18(23)12-17)25-26-22(27)29-13-19(28)24-20-15(3)10-14(2)11-16(20)4/h5-8,10-12H,1,9,13H2,2-4H3,(H,24,28). The van der Waals surface area contributed by atoms with E-state index in [1.54, 1.807) is 6.08 Å². The van der Waals surface area contributed by atoms with E-state index in [0.717, 1.165) is 22.4 Å². The molecule has 0 spiro atoms. The van der Waals surface area contributed by atoms with E-state index < -0.39 is 0 Å². The van der Waals surface area contributed by atoms with Gasteiger partial charge in [-0.25, -0.2) is 0 Å². The number of hydrogen-bond donors (Lipinski definition) is 1. The summed E-state index contributed by atoms with van der Waals surface area (Å²) in [5.41, 5.74) is 5.03. The Hall–Kier alpha value is -2.57. The van der Waals surface area contributed by atoms with Gasteiger partial charge >= 0.3 is 0 Å². The number of carbonyl (C=O) groups excluding carboxylic acids is 1.